The van der Waals surface area contributed by atoms with Crippen molar-refractivity contribution in [1.29, 1.82) is 0 Å². The minimum atomic E-state index is -0.267. The predicted molar refractivity (Wildman–Crippen MR) is 65.4 cm³/mol. The molecule has 1 aliphatic heterocycles. The van der Waals surface area contributed by atoms with E-state index in [1.54, 1.807) is 17.8 Å². The zero-order valence-corrected chi connectivity index (χ0v) is 10.1. The molecule has 16 heavy (non-hydrogen) atoms. The summed E-state index contributed by atoms with van der Waals surface area (Å²) in [4.78, 5) is 0. The molecule has 2 N–H and O–H groups in total. The largest absolute Gasteiger partial charge is 0.490 e. The molecule has 1 heterocycles. The van der Waals surface area contributed by atoms with Gasteiger partial charge in [-0.2, -0.15) is 11.8 Å². The summed E-state index contributed by atoms with van der Waals surface area (Å²) in [5, 5.41) is 0. The molecule has 2 nitrogen and oxygen atoms in total. The summed E-state index contributed by atoms with van der Waals surface area (Å²) in [5.41, 5.74) is 6.97. The van der Waals surface area contributed by atoms with Gasteiger partial charge in [-0.05, 0) is 24.5 Å². The zero-order chi connectivity index (χ0) is 11.5. The average molecular weight is 241 g/mol. The fourth-order valence-corrected chi connectivity index (χ4v) is 2.48. The molecule has 0 amide bonds. The van der Waals surface area contributed by atoms with Crippen molar-refractivity contribution in [2.75, 3.05) is 12.0 Å². The van der Waals surface area contributed by atoms with Crippen LogP contribution in [0.5, 0.6) is 5.75 Å². The van der Waals surface area contributed by atoms with E-state index in [2.05, 4.69) is 6.26 Å². The van der Waals surface area contributed by atoms with Crippen molar-refractivity contribution in [1.82, 2.24) is 0 Å². The molecule has 1 aromatic rings. The number of fused-ring (bicyclic) bond motifs is 1. The van der Waals surface area contributed by atoms with Gasteiger partial charge in [0.05, 0.1) is 0 Å². The van der Waals surface area contributed by atoms with Gasteiger partial charge in [-0.15, -0.1) is 0 Å². The Morgan fingerprint density at radius 1 is 1.56 bits per heavy atom. The molecular formula is C12H16FNOS. The summed E-state index contributed by atoms with van der Waals surface area (Å²) < 4.78 is 18.8. The van der Waals surface area contributed by atoms with Gasteiger partial charge >= 0.3 is 0 Å². The Bertz CT molecular complexity index is 372. The van der Waals surface area contributed by atoms with Gasteiger partial charge in [0.25, 0.3) is 0 Å². The highest BCUT2D eigenvalue weighted by Gasteiger charge is 2.25. The maximum absolute atomic E-state index is 13.1. The lowest BCUT2D eigenvalue weighted by Gasteiger charge is -2.30. The lowest BCUT2D eigenvalue weighted by atomic mass is 9.96. The summed E-state index contributed by atoms with van der Waals surface area (Å²) in [6.45, 7) is 0. The van der Waals surface area contributed by atoms with E-state index in [4.69, 9.17) is 10.5 Å². The topological polar surface area (TPSA) is 35.2 Å². The minimum absolute atomic E-state index is 0.0313. The number of rotatable bonds is 3. The van der Waals surface area contributed by atoms with Crippen LogP contribution in [0.3, 0.4) is 0 Å². The summed E-state index contributed by atoms with van der Waals surface area (Å²) in [6, 6.07) is 4.56. The molecule has 0 aliphatic carbocycles. The zero-order valence-electron chi connectivity index (χ0n) is 9.28. The summed E-state index contributed by atoms with van der Waals surface area (Å²) >= 11 is 1.79. The van der Waals surface area contributed by atoms with Gasteiger partial charge in [0, 0.05) is 24.1 Å². The van der Waals surface area contributed by atoms with Crippen LogP contribution in [0.25, 0.3) is 0 Å². The molecule has 2 atom stereocenters. The monoisotopic (exact) mass is 241 g/mol. The minimum Gasteiger partial charge on any atom is -0.490 e. The fraction of sp³-hybridized carbons (Fsp3) is 0.500. The number of nitrogens with two attached hydrogens (primary N) is 1. The van der Waals surface area contributed by atoms with E-state index >= 15 is 0 Å². The Kier molecular flexibility index (Phi) is 3.71. The molecule has 4 heteroatoms. The molecule has 0 saturated heterocycles. The molecule has 0 radical (unpaired) electrons. The van der Waals surface area contributed by atoms with Gasteiger partial charge in [0.1, 0.15) is 17.7 Å². The van der Waals surface area contributed by atoms with Crippen LogP contribution in [0.4, 0.5) is 4.39 Å². The molecule has 0 spiro atoms. The second-order valence-corrected chi connectivity index (χ2v) is 5.03. The van der Waals surface area contributed by atoms with E-state index in [-0.39, 0.29) is 18.0 Å². The Hall–Kier alpha value is -0.740. The maximum Gasteiger partial charge on any atom is 0.127 e. The number of halogens is 1. The first-order valence-corrected chi connectivity index (χ1v) is 6.80. The highest BCUT2D eigenvalue weighted by Crippen LogP contribution is 2.34. The van der Waals surface area contributed by atoms with E-state index in [0.717, 1.165) is 24.2 Å². The van der Waals surface area contributed by atoms with Crippen LogP contribution in [-0.2, 0) is 0 Å². The second kappa shape index (κ2) is 5.06. The second-order valence-electron chi connectivity index (χ2n) is 4.05. The lowest BCUT2D eigenvalue weighted by Crippen LogP contribution is -2.30. The fourth-order valence-electron chi connectivity index (χ4n) is 1.98. The van der Waals surface area contributed by atoms with E-state index in [9.17, 15) is 4.39 Å². The van der Waals surface area contributed by atoms with Gasteiger partial charge in [-0.3, -0.25) is 0 Å². The molecule has 2 rings (SSSR count). The normalized spacial score (nSPS) is 23.7. The maximum atomic E-state index is 13.1. The van der Waals surface area contributed by atoms with E-state index < -0.39 is 0 Å². The number of benzene rings is 1. The quantitative estimate of drug-likeness (QED) is 0.883. The van der Waals surface area contributed by atoms with E-state index in [0.29, 0.717) is 5.75 Å². The Morgan fingerprint density at radius 3 is 3.12 bits per heavy atom. The number of ether oxygens (including phenoxy) is 1. The highest BCUT2D eigenvalue weighted by atomic mass is 32.2. The van der Waals surface area contributed by atoms with Crippen molar-refractivity contribution in [3.8, 4) is 5.75 Å². The van der Waals surface area contributed by atoms with Crippen molar-refractivity contribution in [3.05, 3.63) is 29.6 Å². The van der Waals surface area contributed by atoms with Crippen molar-refractivity contribution < 1.29 is 9.13 Å². The first-order chi connectivity index (χ1) is 7.70. The third-order valence-corrected chi connectivity index (χ3v) is 3.47. The Labute approximate surface area is 99.4 Å². The molecule has 0 saturated carbocycles. The summed E-state index contributed by atoms with van der Waals surface area (Å²) in [6.07, 6.45) is 3.97. The Balaban J connectivity index is 2.14. The van der Waals surface area contributed by atoms with Crippen molar-refractivity contribution >= 4 is 11.8 Å². The van der Waals surface area contributed by atoms with Crippen molar-refractivity contribution in [3.63, 3.8) is 0 Å². The molecule has 1 aliphatic rings. The van der Waals surface area contributed by atoms with Gasteiger partial charge in [-0.1, -0.05) is 6.07 Å². The number of hydrogen-bond donors (Lipinski definition) is 1. The SMILES string of the molecule is CSCCC1CC(N)c2ccc(F)cc2O1. The number of thioether (sulfide) groups is 1. The predicted octanol–water partition coefficient (Wildman–Crippen LogP) is 2.73. The van der Waals surface area contributed by atoms with Crippen LogP contribution in [0.15, 0.2) is 18.2 Å². The van der Waals surface area contributed by atoms with Crippen LogP contribution in [0.1, 0.15) is 24.4 Å². The third kappa shape index (κ3) is 2.50. The van der Waals surface area contributed by atoms with Gasteiger partial charge in [-0.25, -0.2) is 4.39 Å². The smallest absolute Gasteiger partial charge is 0.127 e. The van der Waals surface area contributed by atoms with Crippen molar-refractivity contribution in [2.24, 2.45) is 5.73 Å². The van der Waals surface area contributed by atoms with Crippen LogP contribution in [-0.4, -0.2) is 18.1 Å². The third-order valence-electron chi connectivity index (χ3n) is 2.83. The lowest BCUT2D eigenvalue weighted by molar-refractivity contribution is 0.155. The van der Waals surface area contributed by atoms with Crippen molar-refractivity contribution in [2.45, 2.75) is 25.0 Å². The molecular weight excluding hydrogens is 225 g/mol. The highest BCUT2D eigenvalue weighted by molar-refractivity contribution is 7.98. The van der Waals surface area contributed by atoms with Gasteiger partial charge in [0.2, 0.25) is 0 Å². The first-order valence-electron chi connectivity index (χ1n) is 5.41. The molecule has 88 valence electrons. The van der Waals surface area contributed by atoms with Gasteiger partial charge < -0.3 is 10.5 Å². The van der Waals surface area contributed by atoms with Crippen LogP contribution < -0.4 is 10.5 Å². The average Bonchev–Trinajstić information content (AvgIpc) is 2.25. The van der Waals surface area contributed by atoms with Crippen LogP contribution >= 0.6 is 11.8 Å². The van der Waals surface area contributed by atoms with Crippen LogP contribution in [0, 0.1) is 5.82 Å². The molecule has 2 unspecified atom stereocenters. The standard InChI is InChI=1S/C12H16FNOS/c1-16-5-4-9-7-11(14)10-3-2-8(13)6-12(10)15-9/h2-3,6,9,11H,4-5,7,14H2,1H3. The molecule has 0 aromatic heterocycles. The summed E-state index contributed by atoms with van der Waals surface area (Å²) in [5.74, 6) is 1.39. The van der Waals surface area contributed by atoms with E-state index in [1.807, 2.05) is 0 Å². The van der Waals surface area contributed by atoms with Gasteiger partial charge in [0.15, 0.2) is 0 Å². The van der Waals surface area contributed by atoms with Crippen LogP contribution in [0.2, 0.25) is 0 Å². The molecule has 0 bridgehead atoms. The molecule has 0 fully saturated rings. The Morgan fingerprint density at radius 2 is 2.38 bits per heavy atom. The number of hydrogen-bond acceptors (Lipinski definition) is 3. The van der Waals surface area contributed by atoms with E-state index in [1.165, 1.54) is 12.1 Å². The first kappa shape index (κ1) is 11.7. The molecule has 1 aromatic carbocycles. The summed E-state index contributed by atoms with van der Waals surface area (Å²) in [7, 11) is 0.